The predicted octanol–water partition coefficient (Wildman–Crippen LogP) is 0.622. The molecule has 0 aliphatic carbocycles. The Balaban J connectivity index is 1.90. The van der Waals surface area contributed by atoms with Crippen molar-refractivity contribution in [3.05, 3.63) is 0 Å². The van der Waals surface area contributed by atoms with E-state index in [1.54, 1.807) is 0 Å². The van der Waals surface area contributed by atoms with Crippen molar-refractivity contribution in [1.82, 2.24) is 10.2 Å². The molecule has 0 bridgehead atoms. The Kier molecular flexibility index (Phi) is 3.82. The van der Waals surface area contributed by atoms with E-state index in [9.17, 15) is 4.79 Å². The second kappa shape index (κ2) is 5.15. The van der Waals surface area contributed by atoms with Crippen LogP contribution < -0.4 is 5.32 Å². The first-order valence-electron chi connectivity index (χ1n) is 6.30. The van der Waals surface area contributed by atoms with E-state index in [0.717, 1.165) is 26.1 Å². The average molecular weight is 226 g/mol. The average Bonchev–Trinajstić information content (AvgIpc) is 2.28. The van der Waals surface area contributed by atoms with Crippen molar-refractivity contribution in [3.8, 4) is 0 Å². The monoisotopic (exact) mass is 226 g/mol. The van der Waals surface area contributed by atoms with Crippen LogP contribution in [0.3, 0.4) is 0 Å². The summed E-state index contributed by atoms with van der Waals surface area (Å²) in [6.07, 6.45) is 2.34. The minimum Gasteiger partial charge on any atom is -0.375 e. The summed E-state index contributed by atoms with van der Waals surface area (Å²) in [6.45, 7) is 7.38. The number of hydrogen-bond donors (Lipinski definition) is 1. The third kappa shape index (κ3) is 2.74. The standard InChI is InChI=1S/C12H22N2O2/c1-9-3-4-13-11(7-9)12(15)14-5-6-16-10(2)8-14/h9-11,13H,3-8H2,1-2H3. The van der Waals surface area contributed by atoms with Crippen molar-refractivity contribution in [1.29, 1.82) is 0 Å². The highest BCUT2D eigenvalue weighted by molar-refractivity contribution is 5.82. The SMILES string of the molecule is CC1CCNC(C(=O)N2CCOC(C)C2)C1. The lowest BCUT2D eigenvalue weighted by atomic mass is 9.93. The topological polar surface area (TPSA) is 41.6 Å². The molecule has 0 aromatic heterocycles. The van der Waals surface area contributed by atoms with Gasteiger partial charge in [-0.05, 0) is 32.2 Å². The first-order chi connectivity index (χ1) is 7.66. The number of ether oxygens (including phenoxy) is 1. The molecule has 92 valence electrons. The van der Waals surface area contributed by atoms with Crippen LogP contribution in [0, 0.1) is 5.92 Å². The maximum atomic E-state index is 12.3. The number of amides is 1. The Morgan fingerprint density at radius 3 is 2.94 bits per heavy atom. The number of piperidine rings is 1. The molecule has 2 aliphatic heterocycles. The lowest BCUT2D eigenvalue weighted by molar-refractivity contribution is -0.141. The number of morpholine rings is 1. The number of carbonyl (C=O) groups is 1. The highest BCUT2D eigenvalue weighted by Gasteiger charge is 2.30. The van der Waals surface area contributed by atoms with Gasteiger partial charge >= 0.3 is 0 Å². The molecule has 0 spiro atoms. The van der Waals surface area contributed by atoms with E-state index in [4.69, 9.17) is 4.74 Å². The Morgan fingerprint density at radius 2 is 2.25 bits per heavy atom. The van der Waals surface area contributed by atoms with Crippen LogP contribution >= 0.6 is 0 Å². The zero-order valence-corrected chi connectivity index (χ0v) is 10.2. The van der Waals surface area contributed by atoms with Gasteiger partial charge in [0.25, 0.3) is 0 Å². The molecule has 0 saturated carbocycles. The Bertz CT molecular complexity index is 233. The molecule has 3 unspecified atom stereocenters. The zero-order chi connectivity index (χ0) is 11.5. The number of nitrogens with zero attached hydrogens (tertiary/aromatic N) is 1. The Hall–Kier alpha value is -0.610. The van der Waals surface area contributed by atoms with Gasteiger partial charge < -0.3 is 15.0 Å². The van der Waals surface area contributed by atoms with Gasteiger partial charge in [-0.25, -0.2) is 0 Å². The second-order valence-corrected chi connectivity index (χ2v) is 5.10. The van der Waals surface area contributed by atoms with Gasteiger partial charge in [0, 0.05) is 13.1 Å². The van der Waals surface area contributed by atoms with Crippen LogP contribution in [0.4, 0.5) is 0 Å². The second-order valence-electron chi connectivity index (χ2n) is 5.10. The quantitative estimate of drug-likeness (QED) is 0.713. The molecule has 16 heavy (non-hydrogen) atoms. The molecule has 2 heterocycles. The molecular weight excluding hydrogens is 204 g/mol. The van der Waals surface area contributed by atoms with E-state index in [-0.39, 0.29) is 18.1 Å². The molecule has 4 heteroatoms. The highest BCUT2D eigenvalue weighted by atomic mass is 16.5. The molecule has 3 atom stereocenters. The summed E-state index contributed by atoms with van der Waals surface area (Å²) in [4.78, 5) is 14.2. The van der Waals surface area contributed by atoms with Crippen molar-refractivity contribution in [3.63, 3.8) is 0 Å². The maximum Gasteiger partial charge on any atom is 0.239 e. The van der Waals surface area contributed by atoms with Gasteiger partial charge in [-0.2, -0.15) is 0 Å². The summed E-state index contributed by atoms with van der Waals surface area (Å²) in [5.41, 5.74) is 0. The smallest absolute Gasteiger partial charge is 0.239 e. The van der Waals surface area contributed by atoms with Crippen LogP contribution in [0.15, 0.2) is 0 Å². The number of nitrogens with one attached hydrogen (secondary N) is 1. The summed E-state index contributed by atoms with van der Waals surface area (Å²) in [5.74, 6) is 0.926. The van der Waals surface area contributed by atoms with Gasteiger partial charge in [-0.15, -0.1) is 0 Å². The highest BCUT2D eigenvalue weighted by Crippen LogP contribution is 2.17. The van der Waals surface area contributed by atoms with E-state index in [0.29, 0.717) is 12.5 Å². The number of hydrogen-bond acceptors (Lipinski definition) is 3. The van der Waals surface area contributed by atoms with Gasteiger partial charge in [0.1, 0.15) is 0 Å². The van der Waals surface area contributed by atoms with Gasteiger partial charge in [-0.3, -0.25) is 4.79 Å². The molecule has 2 rings (SSSR count). The lowest BCUT2D eigenvalue weighted by Crippen LogP contribution is -2.54. The lowest BCUT2D eigenvalue weighted by Gasteiger charge is -2.36. The van der Waals surface area contributed by atoms with E-state index >= 15 is 0 Å². The van der Waals surface area contributed by atoms with Crippen molar-refractivity contribution in [2.45, 2.75) is 38.8 Å². The molecule has 1 amide bonds. The van der Waals surface area contributed by atoms with Gasteiger partial charge in [0.2, 0.25) is 5.91 Å². The largest absolute Gasteiger partial charge is 0.375 e. The van der Waals surface area contributed by atoms with Crippen molar-refractivity contribution >= 4 is 5.91 Å². The number of carbonyl (C=O) groups excluding carboxylic acids is 1. The van der Waals surface area contributed by atoms with Gasteiger partial charge in [-0.1, -0.05) is 6.92 Å². The summed E-state index contributed by atoms with van der Waals surface area (Å²) in [6, 6.07) is 0.0362. The van der Waals surface area contributed by atoms with Gasteiger partial charge in [0.05, 0.1) is 18.8 Å². The normalized spacial score (nSPS) is 36.1. The molecule has 1 N–H and O–H groups in total. The molecule has 2 fully saturated rings. The van der Waals surface area contributed by atoms with E-state index in [1.807, 2.05) is 11.8 Å². The first kappa shape index (κ1) is 11.9. The molecule has 0 aromatic carbocycles. The fraction of sp³-hybridized carbons (Fsp3) is 0.917. The molecule has 0 radical (unpaired) electrons. The Labute approximate surface area is 97.3 Å². The fourth-order valence-electron chi connectivity index (χ4n) is 2.53. The molecule has 4 nitrogen and oxygen atoms in total. The molecule has 2 saturated heterocycles. The van der Waals surface area contributed by atoms with E-state index in [2.05, 4.69) is 12.2 Å². The third-order valence-corrected chi connectivity index (χ3v) is 3.52. The van der Waals surface area contributed by atoms with Crippen LogP contribution in [0.25, 0.3) is 0 Å². The summed E-state index contributed by atoms with van der Waals surface area (Å²) >= 11 is 0. The van der Waals surface area contributed by atoms with Crippen LogP contribution in [0.2, 0.25) is 0 Å². The minimum absolute atomic E-state index is 0.0362. The van der Waals surface area contributed by atoms with Crippen molar-refractivity contribution < 1.29 is 9.53 Å². The minimum atomic E-state index is 0.0362. The first-order valence-corrected chi connectivity index (χ1v) is 6.30. The van der Waals surface area contributed by atoms with Crippen molar-refractivity contribution in [2.24, 2.45) is 5.92 Å². The molecule has 0 aromatic rings. The van der Waals surface area contributed by atoms with Crippen LogP contribution in [-0.2, 0) is 9.53 Å². The Morgan fingerprint density at radius 1 is 1.44 bits per heavy atom. The zero-order valence-electron chi connectivity index (χ0n) is 10.2. The van der Waals surface area contributed by atoms with Crippen LogP contribution in [0.1, 0.15) is 26.7 Å². The van der Waals surface area contributed by atoms with E-state index < -0.39 is 0 Å². The maximum absolute atomic E-state index is 12.3. The fourth-order valence-corrected chi connectivity index (χ4v) is 2.53. The van der Waals surface area contributed by atoms with Gasteiger partial charge in [0.15, 0.2) is 0 Å². The van der Waals surface area contributed by atoms with E-state index in [1.165, 1.54) is 6.42 Å². The van der Waals surface area contributed by atoms with Crippen molar-refractivity contribution in [2.75, 3.05) is 26.2 Å². The molecule has 2 aliphatic rings. The van der Waals surface area contributed by atoms with Crippen LogP contribution in [0.5, 0.6) is 0 Å². The molecular formula is C12H22N2O2. The third-order valence-electron chi connectivity index (χ3n) is 3.52. The summed E-state index contributed by atoms with van der Waals surface area (Å²) in [7, 11) is 0. The number of rotatable bonds is 1. The predicted molar refractivity (Wildman–Crippen MR) is 62.2 cm³/mol. The van der Waals surface area contributed by atoms with Crippen LogP contribution in [-0.4, -0.2) is 49.2 Å². The summed E-state index contributed by atoms with van der Waals surface area (Å²) < 4.78 is 5.45. The summed E-state index contributed by atoms with van der Waals surface area (Å²) in [5, 5.41) is 3.33.